The van der Waals surface area contributed by atoms with Crippen LogP contribution < -0.4 is 0 Å². The van der Waals surface area contributed by atoms with Crippen LogP contribution in [0.5, 0.6) is 5.75 Å². The van der Waals surface area contributed by atoms with Gasteiger partial charge in [-0.25, -0.2) is 0 Å². The van der Waals surface area contributed by atoms with Crippen molar-refractivity contribution in [2.24, 2.45) is 0 Å². The molecule has 0 aliphatic carbocycles. The Balaban J connectivity index is 0.000000860. The van der Waals surface area contributed by atoms with Gasteiger partial charge in [-0.05, 0) is 59.8 Å². The molecule has 0 aromatic heterocycles. The topological polar surface area (TPSA) is 76.0 Å². The van der Waals surface area contributed by atoms with Gasteiger partial charge in [0.05, 0.1) is 26.4 Å². The molecule has 2 aromatic rings. The summed E-state index contributed by atoms with van der Waals surface area (Å²) in [6.45, 7) is 22.8. The van der Waals surface area contributed by atoms with E-state index in [-0.39, 0.29) is 34.8 Å². The van der Waals surface area contributed by atoms with Crippen LogP contribution >= 0.6 is 0 Å². The molecule has 2 aromatic carbocycles. The van der Waals surface area contributed by atoms with Crippen LogP contribution in [0.3, 0.4) is 0 Å². The van der Waals surface area contributed by atoms with Crippen LogP contribution in [0.15, 0.2) is 30.3 Å². The van der Waals surface area contributed by atoms with E-state index in [1.165, 1.54) is 22.3 Å². The molecule has 6 heteroatoms. The standard InChI is InChI=1S/C21H34O4.C13H19O.Cr/c1-17-14-18(16-19(15-17)21(2,3)4)7-8-20(23)6-5-10-24-12-13-25-11-9-22;1-6-10-7-9(2)12(14)11(8-10)13(3,4)5;/h14-16,22H,5-13H2,1-4H3;7-8,14H,1,6H2,2-5H3;/q;-1;. The summed E-state index contributed by atoms with van der Waals surface area (Å²) in [5, 5.41) is 18.5. The molecule has 2 N–H and O–H groups in total. The molecule has 0 aliphatic heterocycles. The summed E-state index contributed by atoms with van der Waals surface area (Å²) in [4.78, 5) is 12.0. The molecular formula is C34H53CrO5-. The Morgan fingerprint density at radius 2 is 1.45 bits per heavy atom. The third-order valence-corrected chi connectivity index (χ3v) is 6.50. The summed E-state index contributed by atoms with van der Waals surface area (Å²) >= 11 is 0. The largest absolute Gasteiger partial charge is 0.507 e. The molecule has 5 nitrogen and oxygen atoms in total. The van der Waals surface area contributed by atoms with Crippen LogP contribution in [0.25, 0.3) is 0 Å². The summed E-state index contributed by atoms with van der Waals surface area (Å²) in [6.07, 6.45) is 3.48. The van der Waals surface area contributed by atoms with Gasteiger partial charge < -0.3 is 26.6 Å². The number of Topliss-reactive ketones (excluding diaryl/α,β-unsaturated/α-hetero) is 1. The van der Waals surface area contributed by atoms with E-state index in [0.717, 1.165) is 30.4 Å². The van der Waals surface area contributed by atoms with E-state index in [1.54, 1.807) is 0 Å². The van der Waals surface area contributed by atoms with E-state index in [0.29, 0.717) is 50.8 Å². The number of aromatic hydroxyl groups is 1. The smallest absolute Gasteiger partial charge is 0.133 e. The number of aryl methyl sites for hydroxylation is 3. The first-order valence-electron chi connectivity index (χ1n) is 14.2. The first-order valence-corrected chi connectivity index (χ1v) is 14.2. The number of carbonyl (C=O) groups excluding carboxylic acids is 1. The quantitative estimate of drug-likeness (QED) is 0.194. The number of rotatable bonds is 13. The summed E-state index contributed by atoms with van der Waals surface area (Å²) < 4.78 is 10.5. The first kappa shape index (κ1) is 38.3. The molecule has 0 fully saturated rings. The third kappa shape index (κ3) is 14.8. The van der Waals surface area contributed by atoms with E-state index >= 15 is 0 Å². The van der Waals surface area contributed by atoms with Crippen LogP contribution in [0.2, 0.25) is 0 Å². The van der Waals surface area contributed by atoms with Crippen molar-refractivity contribution in [3.63, 3.8) is 0 Å². The number of aliphatic hydroxyl groups excluding tert-OH is 1. The van der Waals surface area contributed by atoms with Crippen molar-refractivity contribution in [1.82, 2.24) is 0 Å². The Morgan fingerprint density at radius 1 is 0.825 bits per heavy atom. The molecular weight excluding hydrogens is 540 g/mol. The maximum atomic E-state index is 12.0. The minimum atomic E-state index is -0.0139. The van der Waals surface area contributed by atoms with Gasteiger partial charge in [-0.1, -0.05) is 83.0 Å². The average Bonchev–Trinajstić information content (AvgIpc) is 2.84. The molecule has 226 valence electrons. The van der Waals surface area contributed by atoms with E-state index < -0.39 is 0 Å². The van der Waals surface area contributed by atoms with Gasteiger partial charge in [-0.3, -0.25) is 4.79 Å². The Hall–Kier alpha value is -1.68. The molecule has 0 saturated carbocycles. The van der Waals surface area contributed by atoms with Gasteiger partial charge >= 0.3 is 0 Å². The minimum absolute atomic E-state index is 0. The summed E-state index contributed by atoms with van der Waals surface area (Å²) in [6, 6.07) is 10.7. The van der Waals surface area contributed by atoms with E-state index in [1.807, 2.05) is 13.0 Å². The number of ether oxygens (including phenoxy) is 2. The molecule has 0 heterocycles. The van der Waals surface area contributed by atoms with Gasteiger partial charge in [0.15, 0.2) is 0 Å². The predicted octanol–water partition coefficient (Wildman–Crippen LogP) is 6.97. The van der Waals surface area contributed by atoms with Gasteiger partial charge in [0, 0.05) is 36.8 Å². The summed E-state index contributed by atoms with van der Waals surface area (Å²) in [5.74, 6) is 0.716. The van der Waals surface area contributed by atoms with Crippen molar-refractivity contribution in [3.05, 3.63) is 70.6 Å². The fraction of sp³-hybridized carbons (Fsp3) is 0.588. The maximum Gasteiger partial charge on any atom is 0.133 e. The number of phenolic OH excluding ortho intramolecular Hbond substituents is 1. The van der Waals surface area contributed by atoms with Crippen LogP contribution in [-0.4, -0.2) is 49.0 Å². The molecule has 0 atom stereocenters. The molecule has 0 bridgehead atoms. The van der Waals surface area contributed by atoms with Crippen molar-refractivity contribution < 1.29 is 41.8 Å². The van der Waals surface area contributed by atoms with Crippen LogP contribution in [0.4, 0.5) is 0 Å². The fourth-order valence-electron chi connectivity index (χ4n) is 4.18. The normalized spacial score (nSPS) is 11.4. The average molecular weight is 594 g/mol. The van der Waals surface area contributed by atoms with Gasteiger partial charge in [-0.2, -0.15) is 6.42 Å². The van der Waals surface area contributed by atoms with Crippen molar-refractivity contribution in [2.75, 3.05) is 33.0 Å². The minimum Gasteiger partial charge on any atom is -0.507 e. The van der Waals surface area contributed by atoms with Gasteiger partial charge in [-0.15, -0.1) is 0 Å². The SMILES string of the molecule is Cc1cc(CCC(=O)CCCOCCOCCO)cc(C(C)(C)C)c1.[CH2-]Cc1cc(C)c(O)c(C(C)(C)C)c1.[Cr]. The molecule has 0 saturated heterocycles. The second-order valence-electron chi connectivity index (χ2n) is 12.4. The molecule has 0 radical (unpaired) electrons. The molecule has 2 rings (SSSR count). The van der Waals surface area contributed by atoms with E-state index in [4.69, 9.17) is 14.6 Å². The van der Waals surface area contributed by atoms with E-state index in [9.17, 15) is 9.90 Å². The molecule has 0 amide bonds. The second-order valence-corrected chi connectivity index (χ2v) is 12.4. The molecule has 0 aliphatic rings. The second kappa shape index (κ2) is 18.7. The number of carbonyl (C=O) groups is 1. The number of aliphatic hydroxyl groups is 1. The predicted molar refractivity (Wildman–Crippen MR) is 162 cm³/mol. The molecule has 0 spiro atoms. The number of ketones is 1. The van der Waals surface area contributed by atoms with Crippen LogP contribution in [0, 0.1) is 20.8 Å². The monoisotopic (exact) mass is 593 g/mol. The zero-order valence-corrected chi connectivity index (χ0v) is 27.5. The Bertz CT molecular complexity index is 1020. The van der Waals surface area contributed by atoms with Gasteiger partial charge in [0.25, 0.3) is 0 Å². The molecule has 0 unspecified atom stereocenters. The zero-order chi connectivity index (χ0) is 29.6. The summed E-state index contributed by atoms with van der Waals surface area (Å²) in [5.41, 5.74) is 7.08. The Kier molecular flexibility index (Phi) is 17.9. The number of hydrogen-bond donors (Lipinski definition) is 2. The van der Waals surface area contributed by atoms with Crippen LogP contribution in [0.1, 0.15) is 94.2 Å². The van der Waals surface area contributed by atoms with Crippen molar-refractivity contribution in [2.45, 2.75) is 98.3 Å². The molecule has 40 heavy (non-hydrogen) atoms. The van der Waals surface area contributed by atoms with E-state index in [2.05, 4.69) is 79.7 Å². The third-order valence-electron chi connectivity index (χ3n) is 6.50. The van der Waals surface area contributed by atoms with Crippen molar-refractivity contribution in [1.29, 1.82) is 0 Å². The summed E-state index contributed by atoms with van der Waals surface area (Å²) in [7, 11) is 0. The first-order chi connectivity index (χ1) is 18.2. The van der Waals surface area contributed by atoms with Gasteiger partial charge in [0.1, 0.15) is 11.5 Å². The Labute approximate surface area is 254 Å². The fourth-order valence-corrected chi connectivity index (χ4v) is 4.18. The zero-order valence-electron chi connectivity index (χ0n) is 26.2. The van der Waals surface area contributed by atoms with Crippen LogP contribution in [-0.2, 0) is 55.3 Å². The van der Waals surface area contributed by atoms with Gasteiger partial charge in [0.2, 0.25) is 0 Å². The van der Waals surface area contributed by atoms with Crippen molar-refractivity contribution in [3.8, 4) is 5.75 Å². The number of benzene rings is 2. The Morgan fingerprint density at radius 3 is 2.00 bits per heavy atom. The number of hydrogen-bond acceptors (Lipinski definition) is 5. The number of phenols is 1. The maximum absolute atomic E-state index is 12.0. The van der Waals surface area contributed by atoms with Crippen molar-refractivity contribution >= 4 is 5.78 Å².